The highest BCUT2D eigenvalue weighted by molar-refractivity contribution is 7.91. The summed E-state index contributed by atoms with van der Waals surface area (Å²) in [5.74, 6) is 0. The molecular weight excluding hydrogens is 395 g/mol. The van der Waals surface area contributed by atoms with Gasteiger partial charge in [-0.2, -0.15) is 0 Å². The van der Waals surface area contributed by atoms with Crippen LogP contribution in [0.15, 0.2) is 70.6 Å². The topological polar surface area (TPSA) is 93.3 Å². The van der Waals surface area contributed by atoms with Crippen molar-refractivity contribution in [2.45, 2.75) is 22.3 Å². The van der Waals surface area contributed by atoms with E-state index in [0.717, 1.165) is 5.56 Å². The number of aromatic nitrogens is 1. The van der Waals surface area contributed by atoms with Gasteiger partial charge in [0.15, 0.2) is 0 Å². The molecule has 140 valence electrons. The van der Waals surface area contributed by atoms with Crippen molar-refractivity contribution in [1.29, 1.82) is 0 Å². The Morgan fingerprint density at radius 2 is 1.65 bits per heavy atom. The van der Waals surface area contributed by atoms with Gasteiger partial charge >= 0.3 is 0 Å². The maximum atomic E-state index is 12.9. The number of nitrogens with zero attached hydrogens (tertiary/aromatic N) is 1. The van der Waals surface area contributed by atoms with E-state index in [4.69, 9.17) is 10.8 Å². The predicted molar refractivity (Wildman–Crippen MR) is 107 cm³/mol. The summed E-state index contributed by atoms with van der Waals surface area (Å²) in [7, 11) is -3.64. The van der Waals surface area contributed by atoms with Gasteiger partial charge in [-0.15, -0.1) is 24.8 Å². The number of nitrogens with two attached hydrogens (primary N) is 1. The number of halogens is 2. The summed E-state index contributed by atoms with van der Waals surface area (Å²) in [5, 5.41) is 9.61. The molecule has 0 saturated carbocycles. The Morgan fingerprint density at radius 1 is 1.00 bits per heavy atom. The summed E-state index contributed by atoms with van der Waals surface area (Å²) in [5.41, 5.74) is 7.23. The van der Waals surface area contributed by atoms with E-state index in [2.05, 4.69) is 4.98 Å². The highest BCUT2D eigenvalue weighted by Crippen LogP contribution is 2.27. The second kappa shape index (κ2) is 9.30. The number of hydrogen-bond acceptors (Lipinski definition) is 5. The summed E-state index contributed by atoms with van der Waals surface area (Å²) < 4.78 is 25.9. The third-order valence-corrected chi connectivity index (χ3v) is 5.69. The molecule has 26 heavy (non-hydrogen) atoms. The largest absolute Gasteiger partial charge is 0.395 e. The molecular formula is C18H20Cl2N2O3S. The minimum absolute atomic E-state index is 0. The first kappa shape index (κ1) is 22.3. The number of sulfone groups is 1. The van der Waals surface area contributed by atoms with Gasteiger partial charge in [0.05, 0.1) is 21.9 Å². The minimum Gasteiger partial charge on any atom is -0.395 e. The van der Waals surface area contributed by atoms with Crippen LogP contribution in [0.25, 0.3) is 10.9 Å². The number of benzene rings is 2. The average Bonchev–Trinajstić information content (AvgIpc) is 2.61. The fourth-order valence-electron chi connectivity index (χ4n) is 2.60. The summed E-state index contributed by atoms with van der Waals surface area (Å²) in [4.78, 5) is 4.67. The van der Waals surface area contributed by atoms with Crippen molar-refractivity contribution in [2.24, 2.45) is 5.73 Å². The van der Waals surface area contributed by atoms with Crippen LogP contribution in [-0.4, -0.2) is 31.2 Å². The maximum absolute atomic E-state index is 12.9. The quantitative estimate of drug-likeness (QED) is 0.669. The van der Waals surface area contributed by atoms with E-state index in [1.807, 2.05) is 6.07 Å². The predicted octanol–water partition coefficient (Wildman–Crippen LogP) is 2.77. The molecule has 0 aliphatic carbocycles. The summed E-state index contributed by atoms with van der Waals surface area (Å²) in [6.07, 6.45) is 2.00. The van der Waals surface area contributed by atoms with E-state index >= 15 is 0 Å². The van der Waals surface area contributed by atoms with Crippen molar-refractivity contribution < 1.29 is 13.5 Å². The van der Waals surface area contributed by atoms with Crippen LogP contribution >= 0.6 is 24.8 Å². The van der Waals surface area contributed by atoms with Crippen LogP contribution in [-0.2, 0) is 16.3 Å². The van der Waals surface area contributed by atoms with Crippen LogP contribution in [0, 0.1) is 0 Å². The first-order valence-electron chi connectivity index (χ1n) is 7.56. The van der Waals surface area contributed by atoms with Crippen molar-refractivity contribution in [1.82, 2.24) is 4.98 Å². The molecule has 1 atom stereocenters. The number of pyridine rings is 1. The molecule has 0 saturated heterocycles. The normalized spacial score (nSPS) is 12.1. The Morgan fingerprint density at radius 3 is 2.31 bits per heavy atom. The van der Waals surface area contributed by atoms with Crippen molar-refractivity contribution >= 4 is 45.6 Å². The van der Waals surface area contributed by atoms with Gasteiger partial charge in [0.1, 0.15) is 0 Å². The van der Waals surface area contributed by atoms with E-state index < -0.39 is 9.84 Å². The zero-order valence-electron chi connectivity index (χ0n) is 13.8. The number of fused-ring (bicyclic) bond motifs is 1. The number of aliphatic hydroxyl groups excluding tert-OH is 1. The van der Waals surface area contributed by atoms with Crippen molar-refractivity contribution in [3.8, 4) is 0 Å². The van der Waals surface area contributed by atoms with Crippen LogP contribution < -0.4 is 5.73 Å². The Bertz CT molecular complexity index is 958. The molecule has 1 heterocycles. The van der Waals surface area contributed by atoms with Gasteiger partial charge in [-0.25, -0.2) is 8.42 Å². The van der Waals surface area contributed by atoms with Crippen molar-refractivity contribution in [3.05, 3.63) is 66.4 Å². The fourth-order valence-corrected chi connectivity index (χ4v) is 4.05. The lowest BCUT2D eigenvalue weighted by Gasteiger charge is -2.10. The molecule has 5 nitrogen and oxygen atoms in total. The molecule has 0 fully saturated rings. The Balaban J connectivity index is 0.00000169. The summed E-state index contributed by atoms with van der Waals surface area (Å²) in [6.45, 7) is -0.108. The first-order chi connectivity index (χ1) is 11.5. The molecule has 3 N–H and O–H groups in total. The lowest BCUT2D eigenvalue weighted by Crippen LogP contribution is -2.26. The molecule has 2 aromatic carbocycles. The number of hydrogen-bond donors (Lipinski definition) is 2. The SMILES string of the molecule is Cl.Cl.N[C@H](CO)Cc1ccc(S(=O)(=O)c2ccnc3ccccc23)cc1. The second-order valence-electron chi connectivity index (χ2n) is 5.62. The Kier molecular flexibility index (Phi) is 7.99. The lowest BCUT2D eigenvalue weighted by molar-refractivity contribution is 0.265. The van der Waals surface area contributed by atoms with Crippen molar-refractivity contribution in [3.63, 3.8) is 0 Å². The smallest absolute Gasteiger partial charge is 0.207 e. The van der Waals surface area contributed by atoms with Gasteiger partial charge in [0.2, 0.25) is 9.84 Å². The van der Waals surface area contributed by atoms with Gasteiger partial charge < -0.3 is 10.8 Å². The Hall–Kier alpha value is -1.70. The fraction of sp³-hybridized carbons (Fsp3) is 0.167. The molecule has 8 heteroatoms. The van der Waals surface area contributed by atoms with Crippen LogP contribution in [0.4, 0.5) is 0 Å². The molecule has 1 aromatic heterocycles. The zero-order valence-corrected chi connectivity index (χ0v) is 16.2. The molecule has 0 bridgehead atoms. The first-order valence-corrected chi connectivity index (χ1v) is 9.05. The average molecular weight is 415 g/mol. The van der Waals surface area contributed by atoms with Crippen LogP contribution in [0.1, 0.15) is 5.56 Å². The minimum atomic E-state index is -3.64. The molecule has 0 aliphatic heterocycles. The molecule has 3 aromatic rings. The number of para-hydroxylation sites is 1. The maximum Gasteiger partial charge on any atom is 0.207 e. The van der Waals surface area contributed by atoms with Crippen LogP contribution in [0.2, 0.25) is 0 Å². The van der Waals surface area contributed by atoms with Crippen molar-refractivity contribution in [2.75, 3.05) is 6.61 Å². The van der Waals surface area contributed by atoms with Crippen LogP contribution in [0.3, 0.4) is 0 Å². The molecule has 0 spiro atoms. The second-order valence-corrected chi connectivity index (χ2v) is 7.54. The summed E-state index contributed by atoms with van der Waals surface area (Å²) in [6, 6.07) is 14.9. The Labute approximate surface area is 165 Å². The van der Waals surface area contributed by atoms with Crippen LogP contribution in [0.5, 0.6) is 0 Å². The van der Waals surface area contributed by atoms with E-state index in [0.29, 0.717) is 17.3 Å². The highest BCUT2D eigenvalue weighted by atomic mass is 35.5. The third kappa shape index (κ3) is 4.52. The molecule has 0 unspecified atom stereocenters. The van der Waals surface area contributed by atoms with Gasteiger partial charge in [-0.1, -0.05) is 30.3 Å². The monoisotopic (exact) mass is 414 g/mol. The van der Waals surface area contributed by atoms with E-state index in [-0.39, 0.29) is 47.3 Å². The van der Waals surface area contributed by atoms with E-state index in [1.165, 1.54) is 12.3 Å². The molecule has 0 radical (unpaired) electrons. The molecule has 0 aliphatic rings. The van der Waals surface area contributed by atoms with Gasteiger partial charge in [-0.05, 0) is 36.2 Å². The molecule has 0 amide bonds. The van der Waals surface area contributed by atoms with Gasteiger partial charge in [0.25, 0.3) is 0 Å². The van der Waals surface area contributed by atoms with E-state index in [1.54, 1.807) is 42.5 Å². The van der Waals surface area contributed by atoms with Gasteiger partial charge in [-0.3, -0.25) is 4.98 Å². The standard InChI is InChI=1S/C18H18N2O3S.2ClH/c19-14(12-21)11-13-5-7-15(8-6-13)24(22,23)18-9-10-20-17-4-2-1-3-16(17)18;;/h1-10,14,21H,11-12,19H2;2*1H/t14-;;/m0../s1. The third-order valence-electron chi connectivity index (χ3n) is 3.86. The molecule has 3 rings (SSSR count). The van der Waals surface area contributed by atoms with E-state index in [9.17, 15) is 8.42 Å². The lowest BCUT2D eigenvalue weighted by atomic mass is 10.1. The highest BCUT2D eigenvalue weighted by Gasteiger charge is 2.20. The summed E-state index contributed by atoms with van der Waals surface area (Å²) >= 11 is 0. The number of rotatable bonds is 5. The number of aliphatic hydroxyl groups is 1. The van der Waals surface area contributed by atoms with Gasteiger partial charge in [0, 0.05) is 17.6 Å². The zero-order chi connectivity index (χ0) is 17.2.